The van der Waals surface area contributed by atoms with Gasteiger partial charge in [-0.2, -0.15) is 0 Å². The summed E-state index contributed by atoms with van der Waals surface area (Å²) in [7, 11) is 0. The molecule has 1 aliphatic carbocycles. The molecule has 0 aliphatic heterocycles. The molecule has 0 amide bonds. The van der Waals surface area contributed by atoms with Gasteiger partial charge in [0.2, 0.25) is 0 Å². The second-order valence-corrected chi connectivity index (χ2v) is 4.05. The van der Waals surface area contributed by atoms with E-state index in [1.807, 2.05) is 0 Å². The number of hydrogen-bond donors (Lipinski definition) is 1. The fraction of sp³-hybridized carbons (Fsp3) is 0.909. The Morgan fingerprint density at radius 2 is 2.00 bits per heavy atom. The van der Waals surface area contributed by atoms with E-state index in [1.165, 1.54) is 12.8 Å². The minimum Gasteiger partial charge on any atom is -0.310 e. The number of ketones is 1. The molecule has 1 rings (SSSR count). The number of Topliss-reactive ketones (excluding diaryl/α,β-unsaturated/α-hetero) is 1. The molecular formula is C11H21NO. The van der Waals surface area contributed by atoms with Crippen molar-refractivity contribution in [2.24, 2.45) is 11.8 Å². The highest BCUT2D eigenvalue weighted by atomic mass is 16.1. The summed E-state index contributed by atoms with van der Waals surface area (Å²) in [6.07, 6.45) is 4.68. The van der Waals surface area contributed by atoms with E-state index in [2.05, 4.69) is 19.2 Å². The smallest absolute Gasteiger partial charge is 0.149 e. The molecule has 0 atom stereocenters. The lowest BCUT2D eigenvalue weighted by atomic mass is 10.0. The van der Waals surface area contributed by atoms with E-state index in [0.29, 0.717) is 18.2 Å². The van der Waals surface area contributed by atoms with Gasteiger partial charge in [0.25, 0.3) is 0 Å². The van der Waals surface area contributed by atoms with Crippen LogP contribution in [0.4, 0.5) is 0 Å². The molecule has 2 heteroatoms. The summed E-state index contributed by atoms with van der Waals surface area (Å²) in [5.74, 6) is 1.58. The Morgan fingerprint density at radius 1 is 1.38 bits per heavy atom. The predicted octanol–water partition coefficient (Wildman–Crippen LogP) is 1.99. The minimum absolute atomic E-state index is 0.411. The first-order valence-corrected chi connectivity index (χ1v) is 5.51. The molecule has 0 aromatic carbocycles. The number of carbonyl (C=O) groups excluding carboxylic acids is 1. The molecule has 0 radical (unpaired) electrons. The predicted molar refractivity (Wildman–Crippen MR) is 54.7 cm³/mol. The number of hydrogen-bond acceptors (Lipinski definition) is 2. The Morgan fingerprint density at radius 3 is 2.46 bits per heavy atom. The second-order valence-electron chi connectivity index (χ2n) is 4.05. The molecule has 1 fully saturated rings. The van der Waals surface area contributed by atoms with Crippen LogP contribution in [0.5, 0.6) is 0 Å². The normalized spacial score (nSPS) is 16.5. The molecule has 1 aliphatic rings. The van der Waals surface area contributed by atoms with Crippen LogP contribution in [0.1, 0.15) is 39.5 Å². The third-order valence-corrected chi connectivity index (χ3v) is 2.92. The molecule has 0 heterocycles. The van der Waals surface area contributed by atoms with Gasteiger partial charge in [0.15, 0.2) is 0 Å². The van der Waals surface area contributed by atoms with Crippen LogP contribution in [0.3, 0.4) is 0 Å². The average Bonchev–Trinajstić information content (AvgIpc) is 2.95. The van der Waals surface area contributed by atoms with Gasteiger partial charge in [-0.05, 0) is 25.3 Å². The van der Waals surface area contributed by atoms with E-state index < -0.39 is 0 Å². The summed E-state index contributed by atoms with van der Waals surface area (Å²) in [5, 5.41) is 3.26. The Kier molecular flexibility index (Phi) is 4.43. The topological polar surface area (TPSA) is 29.1 Å². The Labute approximate surface area is 81.1 Å². The summed E-state index contributed by atoms with van der Waals surface area (Å²) in [6, 6.07) is 0. The van der Waals surface area contributed by atoms with Gasteiger partial charge < -0.3 is 5.32 Å². The minimum atomic E-state index is 0.411. The van der Waals surface area contributed by atoms with Crippen molar-refractivity contribution in [2.45, 2.75) is 39.5 Å². The van der Waals surface area contributed by atoms with Crippen molar-refractivity contribution in [2.75, 3.05) is 13.1 Å². The zero-order valence-corrected chi connectivity index (χ0v) is 8.81. The molecule has 0 bridgehead atoms. The quantitative estimate of drug-likeness (QED) is 0.654. The highest BCUT2D eigenvalue weighted by Gasteiger charge is 2.28. The highest BCUT2D eigenvalue weighted by Crippen LogP contribution is 2.29. The van der Waals surface area contributed by atoms with Crippen molar-refractivity contribution >= 4 is 5.78 Å². The van der Waals surface area contributed by atoms with Crippen molar-refractivity contribution in [3.63, 3.8) is 0 Å². The van der Waals surface area contributed by atoms with Gasteiger partial charge in [-0.3, -0.25) is 4.79 Å². The van der Waals surface area contributed by atoms with Gasteiger partial charge in [0.1, 0.15) is 5.78 Å². The lowest BCUT2D eigenvalue weighted by molar-refractivity contribution is -0.119. The van der Waals surface area contributed by atoms with E-state index in [9.17, 15) is 4.79 Å². The zero-order valence-electron chi connectivity index (χ0n) is 8.81. The van der Waals surface area contributed by atoms with Crippen molar-refractivity contribution in [3.05, 3.63) is 0 Å². The molecule has 0 spiro atoms. The molecule has 2 nitrogen and oxygen atoms in total. The average molecular weight is 183 g/mol. The van der Waals surface area contributed by atoms with Crippen LogP contribution in [0.2, 0.25) is 0 Å². The van der Waals surface area contributed by atoms with Crippen molar-refractivity contribution in [3.8, 4) is 0 Å². The van der Waals surface area contributed by atoms with Gasteiger partial charge in [-0.25, -0.2) is 0 Å². The van der Waals surface area contributed by atoms with Crippen LogP contribution in [0.15, 0.2) is 0 Å². The summed E-state index contributed by atoms with van der Waals surface area (Å²) >= 11 is 0. The van der Waals surface area contributed by atoms with Crippen LogP contribution < -0.4 is 5.32 Å². The lowest BCUT2D eigenvalue weighted by Crippen LogP contribution is -2.28. The van der Waals surface area contributed by atoms with Gasteiger partial charge in [-0.1, -0.05) is 26.7 Å². The van der Waals surface area contributed by atoms with Crippen LogP contribution >= 0.6 is 0 Å². The second kappa shape index (κ2) is 5.38. The van der Waals surface area contributed by atoms with Gasteiger partial charge in [0, 0.05) is 5.92 Å². The highest BCUT2D eigenvalue weighted by molar-refractivity contribution is 5.84. The van der Waals surface area contributed by atoms with E-state index >= 15 is 0 Å². The molecule has 76 valence electrons. The Balaban J connectivity index is 2.01. The van der Waals surface area contributed by atoms with Crippen molar-refractivity contribution in [1.82, 2.24) is 5.32 Å². The molecule has 13 heavy (non-hydrogen) atoms. The number of carbonyl (C=O) groups is 1. The van der Waals surface area contributed by atoms with E-state index in [4.69, 9.17) is 0 Å². The molecule has 0 aromatic heterocycles. The standard InChI is InChI=1S/C11H21NO/c1-3-9(4-2)7-12-8-11(13)10-5-6-10/h9-10,12H,3-8H2,1-2H3. The summed E-state index contributed by atoms with van der Waals surface area (Å²) < 4.78 is 0. The van der Waals surface area contributed by atoms with E-state index in [-0.39, 0.29) is 0 Å². The molecule has 0 saturated heterocycles. The third kappa shape index (κ3) is 3.90. The van der Waals surface area contributed by atoms with Gasteiger partial charge >= 0.3 is 0 Å². The largest absolute Gasteiger partial charge is 0.310 e. The zero-order chi connectivity index (χ0) is 9.68. The summed E-state index contributed by atoms with van der Waals surface area (Å²) in [5.41, 5.74) is 0. The van der Waals surface area contributed by atoms with Gasteiger partial charge in [0.05, 0.1) is 6.54 Å². The van der Waals surface area contributed by atoms with E-state index in [1.54, 1.807) is 0 Å². The summed E-state index contributed by atoms with van der Waals surface area (Å²) in [4.78, 5) is 11.3. The molecular weight excluding hydrogens is 162 g/mol. The maximum Gasteiger partial charge on any atom is 0.149 e. The van der Waals surface area contributed by atoms with Gasteiger partial charge in [-0.15, -0.1) is 0 Å². The SMILES string of the molecule is CCC(CC)CNCC(=O)C1CC1. The first kappa shape index (κ1) is 10.7. The summed E-state index contributed by atoms with van der Waals surface area (Å²) in [6.45, 7) is 6.02. The fourth-order valence-corrected chi connectivity index (χ4v) is 1.53. The fourth-order valence-electron chi connectivity index (χ4n) is 1.53. The maximum atomic E-state index is 11.3. The number of nitrogens with one attached hydrogen (secondary N) is 1. The number of rotatable bonds is 7. The first-order chi connectivity index (χ1) is 6.27. The molecule has 1 saturated carbocycles. The maximum absolute atomic E-state index is 11.3. The van der Waals surface area contributed by atoms with Crippen molar-refractivity contribution in [1.29, 1.82) is 0 Å². The lowest BCUT2D eigenvalue weighted by Gasteiger charge is -2.12. The van der Waals surface area contributed by atoms with E-state index in [0.717, 1.165) is 25.3 Å². The Hall–Kier alpha value is -0.370. The monoisotopic (exact) mass is 183 g/mol. The van der Waals surface area contributed by atoms with Crippen molar-refractivity contribution < 1.29 is 4.79 Å². The van der Waals surface area contributed by atoms with Crippen LogP contribution in [-0.4, -0.2) is 18.9 Å². The Bertz CT molecular complexity index is 159. The van der Waals surface area contributed by atoms with Crippen LogP contribution in [0.25, 0.3) is 0 Å². The molecule has 0 aromatic rings. The first-order valence-electron chi connectivity index (χ1n) is 5.51. The molecule has 0 unspecified atom stereocenters. The van der Waals surface area contributed by atoms with Crippen LogP contribution in [-0.2, 0) is 4.79 Å². The van der Waals surface area contributed by atoms with Crippen LogP contribution in [0, 0.1) is 11.8 Å². The third-order valence-electron chi connectivity index (χ3n) is 2.92. The molecule has 1 N–H and O–H groups in total.